The number of alkyl halides is 3. The normalized spacial score (nSPS) is 28.3. The standard InChI is InChI=1S/C23H28F3N3O4S2/c1-22(30,23(24,25)26)16-4-6-17(7-5-16)29-11-10-28(35(31,32)21-3-2-12-34-21)15-20(29)27-13-18-8-9-19(14-27)33-18/h2-7,12,18-20,30H,8-11,13-15H2,1H3/t18?,19?,20-,22?/m1/s1. The van der Waals surface area contributed by atoms with Crippen LogP contribution in [0.3, 0.4) is 0 Å². The van der Waals surface area contributed by atoms with Crippen LogP contribution >= 0.6 is 11.3 Å². The Labute approximate surface area is 206 Å². The van der Waals surface area contributed by atoms with Crippen molar-refractivity contribution in [1.82, 2.24) is 9.21 Å². The summed E-state index contributed by atoms with van der Waals surface area (Å²) < 4.78 is 74.1. The third-order valence-electron chi connectivity index (χ3n) is 7.21. The van der Waals surface area contributed by atoms with E-state index < -0.39 is 21.8 Å². The monoisotopic (exact) mass is 531 g/mol. The van der Waals surface area contributed by atoms with Gasteiger partial charge in [-0.3, -0.25) is 4.90 Å². The number of hydrogen-bond acceptors (Lipinski definition) is 7. The second-order valence-electron chi connectivity index (χ2n) is 9.50. The topological polar surface area (TPSA) is 73.3 Å². The Morgan fingerprint density at radius 3 is 2.26 bits per heavy atom. The fourth-order valence-electron chi connectivity index (χ4n) is 5.14. The number of anilines is 1. The van der Waals surface area contributed by atoms with Crippen LogP contribution in [0, 0.1) is 0 Å². The molecule has 192 valence electrons. The second-order valence-corrected chi connectivity index (χ2v) is 12.6. The summed E-state index contributed by atoms with van der Waals surface area (Å²) in [5.74, 6) is 0. The molecule has 3 aliphatic heterocycles. The van der Waals surface area contributed by atoms with Gasteiger partial charge < -0.3 is 14.7 Å². The first-order valence-electron chi connectivity index (χ1n) is 11.6. The Hall–Kier alpha value is -1.70. The highest BCUT2D eigenvalue weighted by Gasteiger charge is 2.51. The zero-order valence-electron chi connectivity index (χ0n) is 19.2. The average Bonchev–Trinajstić information content (AvgIpc) is 3.48. The van der Waals surface area contributed by atoms with Crippen molar-refractivity contribution in [3.05, 3.63) is 47.3 Å². The lowest BCUT2D eigenvalue weighted by atomic mass is 9.95. The summed E-state index contributed by atoms with van der Waals surface area (Å²) in [7, 11) is -3.64. The molecule has 1 aromatic carbocycles. The van der Waals surface area contributed by atoms with E-state index in [4.69, 9.17) is 4.74 Å². The Morgan fingerprint density at radius 2 is 1.69 bits per heavy atom. The smallest absolute Gasteiger partial charge is 0.376 e. The van der Waals surface area contributed by atoms with Crippen LogP contribution < -0.4 is 4.90 Å². The van der Waals surface area contributed by atoms with Crippen molar-refractivity contribution >= 4 is 27.0 Å². The lowest BCUT2D eigenvalue weighted by Crippen LogP contribution is -2.64. The molecular weight excluding hydrogens is 503 g/mol. The minimum atomic E-state index is -4.80. The zero-order chi connectivity index (χ0) is 25.0. The molecular formula is C23H28F3N3O4S2. The average molecular weight is 532 g/mol. The van der Waals surface area contributed by atoms with Crippen molar-refractivity contribution in [2.24, 2.45) is 0 Å². The molecule has 1 N–H and O–H groups in total. The van der Waals surface area contributed by atoms with Crippen LogP contribution in [0.2, 0.25) is 0 Å². The summed E-state index contributed by atoms with van der Waals surface area (Å²) in [5.41, 5.74) is -2.51. The molecule has 0 spiro atoms. The number of sulfonamides is 1. The van der Waals surface area contributed by atoms with Gasteiger partial charge in [0.05, 0.1) is 18.4 Å². The van der Waals surface area contributed by atoms with Crippen LogP contribution in [0.1, 0.15) is 25.3 Å². The maximum atomic E-state index is 13.3. The number of benzene rings is 1. The van der Waals surface area contributed by atoms with Crippen LogP contribution in [0.15, 0.2) is 46.0 Å². The first-order chi connectivity index (χ1) is 16.5. The highest BCUT2D eigenvalue weighted by molar-refractivity contribution is 7.91. The summed E-state index contributed by atoms with van der Waals surface area (Å²) in [6.45, 7) is 2.97. The molecule has 1 aromatic heterocycles. The Morgan fingerprint density at radius 1 is 1.03 bits per heavy atom. The molecule has 0 radical (unpaired) electrons. The SMILES string of the molecule is CC(O)(c1ccc(N2CCN(S(=O)(=O)c3cccs3)C[C@@H]2N2CC3CCC(C2)O3)cc1)C(F)(F)F. The van der Waals surface area contributed by atoms with E-state index >= 15 is 0 Å². The van der Waals surface area contributed by atoms with E-state index in [9.17, 15) is 26.7 Å². The molecule has 0 aliphatic carbocycles. The quantitative estimate of drug-likeness (QED) is 0.639. The summed E-state index contributed by atoms with van der Waals surface area (Å²) >= 11 is 1.18. The van der Waals surface area contributed by atoms with Crippen LogP contribution in [-0.4, -0.2) is 80.0 Å². The largest absolute Gasteiger partial charge is 0.421 e. The predicted octanol–water partition coefficient (Wildman–Crippen LogP) is 3.22. The van der Waals surface area contributed by atoms with Crippen molar-refractivity contribution in [3.63, 3.8) is 0 Å². The number of morpholine rings is 1. The molecule has 2 bridgehead atoms. The van der Waals surface area contributed by atoms with Gasteiger partial charge in [-0.25, -0.2) is 8.42 Å². The minimum absolute atomic E-state index is 0.101. The fraction of sp³-hybridized carbons (Fsp3) is 0.565. The van der Waals surface area contributed by atoms with Gasteiger partial charge in [-0.1, -0.05) is 18.2 Å². The molecule has 35 heavy (non-hydrogen) atoms. The molecule has 3 unspecified atom stereocenters. The van der Waals surface area contributed by atoms with Gasteiger partial charge in [0.15, 0.2) is 5.60 Å². The van der Waals surface area contributed by atoms with E-state index in [1.54, 1.807) is 29.6 Å². The predicted molar refractivity (Wildman–Crippen MR) is 126 cm³/mol. The summed E-state index contributed by atoms with van der Waals surface area (Å²) in [4.78, 5) is 4.29. The maximum Gasteiger partial charge on any atom is 0.421 e. The third kappa shape index (κ3) is 4.60. The Balaban J connectivity index is 1.43. The van der Waals surface area contributed by atoms with E-state index in [1.807, 2.05) is 0 Å². The van der Waals surface area contributed by atoms with E-state index in [-0.39, 0.29) is 37.0 Å². The summed E-state index contributed by atoms with van der Waals surface area (Å²) in [6, 6.07) is 9.03. The van der Waals surface area contributed by atoms with Crippen LogP contribution in [0.25, 0.3) is 0 Å². The maximum absolute atomic E-state index is 13.3. The molecule has 12 heteroatoms. The van der Waals surface area contributed by atoms with Crippen molar-refractivity contribution in [3.8, 4) is 0 Å². The number of piperazine rings is 1. The van der Waals surface area contributed by atoms with Gasteiger partial charge >= 0.3 is 6.18 Å². The number of rotatable bonds is 5. The number of fused-ring (bicyclic) bond motifs is 2. The highest BCUT2D eigenvalue weighted by atomic mass is 32.2. The van der Waals surface area contributed by atoms with Gasteiger partial charge in [0, 0.05) is 38.4 Å². The van der Waals surface area contributed by atoms with Gasteiger partial charge in [-0.05, 0) is 48.9 Å². The van der Waals surface area contributed by atoms with Gasteiger partial charge in [0.1, 0.15) is 4.21 Å². The molecule has 3 fully saturated rings. The molecule has 3 saturated heterocycles. The number of ether oxygens (including phenoxy) is 1. The van der Waals surface area contributed by atoms with Crippen molar-refractivity contribution in [1.29, 1.82) is 0 Å². The number of likely N-dealkylation sites (tertiary alicyclic amines) is 1. The number of thiophene rings is 1. The number of halogens is 3. The first-order valence-corrected chi connectivity index (χ1v) is 13.9. The van der Waals surface area contributed by atoms with Gasteiger partial charge in [-0.2, -0.15) is 17.5 Å². The number of aliphatic hydroxyl groups is 1. The van der Waals surface area contributed by atoms with Gasteiger partial charge in [-0.15, -0.1) is 11.3 Å². The van der Waals surface area contributed by atoms with Crippen LogP contribution in [0.4, 0.5) is 18.9 Å². The summed E-state index contributed by atoms with van der Waals surface area (Å²) in [6.07, 6.45) is -2.96. The van der Waals surface area contributed by atoms with Crippen LogP contribution in [-0.2, 0) is 20.4 Å². The lowest BCUT2D eigenvalue weighted by Gasteiger charge is -2.49. The highest BCUT2D eigenvalue weighted by Crippen LogP contribution is 2.39. The van der Waals surface area contributed by atoms with E-state index in [0.717, 1.165) is 19.8 Å². The van der Waals surface area contributed by atoms with Gasteiger partial charge in [0.2, 0.25) is 0 Å². The lowest BCUT2D eigenvalue weighted by molar-refractivity contribution is -0.258. The molecule has 5 rings (SSSR count). The number of hydrogen-bond donors (Lipinski definition) is 1. The van der Waals surface area contributed by atoms with Crippen LogP contribution in [0.5, 0.6) is 0 Å². The molecule has 3 aliphatic rings. The number of nitrogens with zero attached hydrogens (tertiary/aromatic N) is 3. The van der Waals surface area contributed by atoms with Crippen molar-refractivity contribution in [2.75, 3.05) is 37.6 Å². The zero-order valence-corrected chi connectivity index (χ0v) is 20.8. The molecule has 7 nitrogen and oxygen atoms in total. The van der Waals surface area contributed by atoms with E-state index in [2.05, 4.69) is 9.80 Å². The van der Waals surface area contributed by atoms with Crippen molar-refractivity contribution < 1.29 is 31.4 Å². The molecule has 4 heterocycles. The molecule has 0 saturated carbocycles. The second kappa shape index (κ2) is 9.00. The van der Waals surface area contributed by atoms with Gasteiger partial charge in [0.25, 0.3) is 10.0 Å². The molecule has 0 amide bonds. The Bertz CT molecular complexity index is 1130. The Kier molecular flexibility index (Phi) is 6.42. The molecule has 2 aromatic rings. The first kappa shape index (κ1) is 25.0. The van der Waals surface area contributed by atoms with E-state index in [1.165, 1.54) is 27.8 Å². The fourth-order valence-corrected chi connectivity index (χ4v) is 7.71. The minimum Gasteiger partial charge on any atom is -0.376 e. The third-order valence-corrected chi connectivity index (χ3v) is 10.5. The summed E-state index contributed by atoms with van der Waals surface area (Å²) in [5, 5.41) is 11.8. The van der Waals surface area contributed by atoms with Crippen molar-refractivity contribution in [2.45, 2.75) is 54.1 Å². The van der Waals surface area contributed by atoms with E-state index in [0.29, 0.717) is 29.5 Å². The molecule has 4 atom stereocenters.